The summed E-state index contributed by atoms with van der Waals surface area (Å²) >= 11 is 0. The van der Waals surface area contributed by atoms with E-state index in [0.717, 1.165) is 5.56 Å². The van der Waals surface area contributed by atoms with Crippen LogP contribution in [0.25, 0.3) is 12.2 Å². The highest BCUT2D eigenvalue weighted by atomic mass is 16.7. The Kier molecular flexibility index (Phi) is 6.80. The molecule has 1 saturated heterocycles. The van der Waals surface area contributed by atoms with Crippen LogP contribution in [0.4, 0.5) is 0 Å². The minimum absolute atomic E-state index is 0.0597. The second kappa shape index (κ2) is 9.33. The van der Waals surface area contributed by atoms with E-state index in [1.807, 2.05) is 0 Å². The Labute approximate surface area is 172 Å². The third-order valence-electron chi connectivity index (χ3n) is 4.67. The van der Waals surface area contributed by atoms with Gasteiger partial charge in [-0.3, -0.25) is 0 Å². The molecule has 1 aliphatic heterocycles. The number of aromatic hydroxyl groups is 2. The highest BCUT2D eigenvalue weighted by molar-refractivity contribution is 5.72. The number of methoxy groups -OCH3 is 1. The van der Waals surface area contributed by atoms with Crippen molar-refractivity contribution in [3.05, 3.63) is 47.5 Å². The van der Waals surface area contributed by atoms with E-state index in [2.05, 4.69) is 0 Å². The first-order valence-corrected chi connectivity index (χ1v) is 9.18. The summed E-state index contributed by atoms with van der Waals surface area (Å²) in [5, 5.41) is 58.2. The number of phenolic OH excluding ortho intramolecular Hbond substituents is 2. The summed E-state index contributed by atoms with van der Waals surface area (Å²) in [7, 11) is 1.43. The molecule has 6 N–H and O–H groups in total. The fraction of sp³-hybridized carbons (Fsp3) is 0.333. The lowest BCUT2D eigenvalue weighted by Crippen LogP contribution is -2.60. The van der Waals surface area contributed by atoms with Crippen LogP contribution in [0.2, 0.25) is 0 Å². The summed E-state index contributed by atoms with van der Waals surface area (Å²) in [5.74, 6) is 0.410. The normalized spacial score (nSPS) is 26.6. The number of benzene rings is 2. The molecule has 30 heavy (non-hydrogen) atoms. The molecule has 0 amide bonds. The molecular weight excluding hydrogens is 396 g/mol. The van der Waals surface area contributed by atoms with Gasteiger partial charge >= 0.3 is 0 Å². The van der Waals surface area contributed by atoms with Gasteiger partial charge in [0.2, 0.25) is 6.29 Å². The molecule has 0 saturated carbocycles. The smallest absolute Gasteiger partial charge is 0.229 e. The van der Waals surface area contributed by atoms with Gasteiger partial charge in [-0.25, -0.2) is 0 Å². The van der Waals surface area contributed by atoms with Gasteiger partial charge in [0.25, 0.3) is 0 Å². The Balaban J connectivity index is 1.78. The zero-order valence-corrected chi connectivity index (χ0v) is 16.1. The van der Waals surface area contributed by atoms with Gasteiger partial charge < -0.3 is 44.8 Å². The Morgan fingerprint density at radius 3 is 2.17 bits per heavy atom. The van der Waals surface area contributed by atoms with E-state index >= 15 is 0 Å². The van der Waals surface area contributed by atoms with E-state index in [4.69, 9.17) is 14.2 Å². The molecule has 1 aliphatic rings. The second-order valence-electron chi connectivity index (χ2n) is 6.84. The van der Waals surface area contributed by atoms with Crippen molar-refractivity contribution in [1.82, 2.24) is 0 Å². The van der Waals surface area contributed by atoms with Gasteiger partial charge in [-0.15, -0.1) is 0 Å². The SMILES string of the molecule is COc1cc(/C=C/c2cc(O)cc(O)c2)ccc1OC1OC(CO)C(O)C(O)C1O. The minimum atomic E-state index is -1.55. The van der Waals surface area contributed by atoms with Gasteiger partial charge in [0.05, 0.1) is 13.7 Å². The van der Waals surface area contributed by atoms with Crippen LogP contribution in [-0.4, -0.2) is 75.1 Å². The van der Waals surface area contributed by atoms with Crippen molar-refractivity contribution in [3.63, 3.8) is 0 Å². The average Bonchev–Trinajstić information content (AvgIpc) is 2.72. The third-order valence-corrected chi connectivity index (χ3v) is 4.67. The predicted molar refractivity (Wildman–Crippen MR) is 106 cm³/mol. The quantitative estimate of drug-likeness (QED) is 0.366. The number of aliphatic hydroxyl groups excluding tert-OH is 4. The summed E-state index contributed by atoms with van der Waals surface area (Å²) in [6, 6.07) is 9.12. The van der Waals surface area contributed by atoms with Crippen LogP contribution < -0.4 is 9.47 Å². The van der Waals surface area contributed by atoms with Crippen LogP contribution in [0.1, 0.15) is 11.1 Å². The summed E-state index contributed by atoms with van der Waals surface area (Å²) in [6.45, 7) is -0.559. The van der Waals surface area contributed by atoms with Crippen molar-refractivity contribution in [2.75, 3.05) is 13.7 Å². The van der Waals surface area contributed by atoms with Gasteiger partial charge in [-0.05, 0) is 35.4 Å². The largest absolute Gasteiger partial charge is 0.508 e. The lowest BCUT2D eigenvalue weighted by Gasteiger charge is -2.39. The highest BCUT2D eigenvalue weighted by Crippen LogP contribution is 2.32. The first kappa shape index (κ1) is 21.9. The molecule has 0 aliphatic carbocycles. The molecule has 0 spiro atoms. The van der Waals surface area contributed by atoms with Gasteiger partial charge in [-0.1, -0.05) is 18.2 Å². The van der Waals surface area contributed by atoms with E-state index in [1.165, 1.54) is 25.3 Å². The van der Waals surface area contributed by atoms with E-state index in [1.54, 1.807) is 30.4 Å². The van der Waals surface area contributed by atoms with Crippen LogP contribution in [0.15, 0.2) is 36.4 Å². The molecule has 2 aromatic rings. The Morgan fingerprint density at radius 2 is 1.53 bits per heavy atom. The Hall–Kier alpha value is -2.82. The molecule has 5 unspecified atom stereocenters. The number of hydrogen-bond acceptors (Lipinski definition) is 9. The number of hydrogen-bond donors (Lipinski definition) is 6. The maximum absolute atomic E-state index is 10.1. The van der Waals surface area contributed by atoms with Crippen molar-refractivity contribution in [2.45, 2.75) is 30.7 Å². The van der Waals surface area contributed by atoms with Gasteiger partial charge in [-0.2, -0.15) is 0 Å². The fourth-order valence-electron chi connectivity index (χ4n) is 3.08. The van der Waals surface area contributed by atoms with E-state index in [-0.39, 0.29) is 17.2 Å². The van der Waals surface area contributed by atoms with E-state index in [0.29, 0.717) is 11.3 Å². The Morgan fingerprint density at radius 1 is 0.867 bits per heavy atom. The molecule has 0 radical (unpaired) electrons. The lowest BCUT2D eigenvalue weighted by molar-refractivity contribution is -0.277. The highest BCUT2D eigenvalue weighted by Gasteiger charge is 2.44. The van der Waals surface area contributed by atoms with Crippen molar-refractivity contribution in [1.29, 1.82) is 0 Å². The first-order valence-electron chi connectivity index (χ1n) is 9.18. The topological polar surface area (TPSA) is 149 Å². The fourth-order valence-corrected chi connectivity index (χ4v) is 3.08. The molecule has 1 fully saturated rings. The lowest BCUT2D eigenvalue weighted by atomic mass is 9.99. The standard InChI is InChI=1S/C21H24O9/c1-28-16-8-11(2-3-12-6-13(23)9-14(24)7-12)4-5-15(16)29-21-20(27)19(26)18(25)17(10-22)30-21/h2-9,17-27H,10H2,1H3/b3-2+. The molecule has 5 atom stereocenters. The average molecular weight is 420 g/mol. The zero-order valence-electron chi connectivity index (χ0n) is 16.1. The maximum atomic E-state index is 10.1. The van der Waals surface area contributed by atoms with E-state index in [9.17, 15) is 30.6 Å². The predicted octanol–water partition coefficient (Wildman–Crippen LogP) is 0.455. The molecule has 9 nitrogen and oxygen atoms in total. The van der Waals surface area contributed by atoms with Crippen molar-refractivity contribution in [2.24, 2.45) is 0 Å². The summed E-state index contributed by atoms with van der Waals surface area (Å²) in [5.41, 5.74) is 1.31. The van der Waals surface area contributed by atoms with Gasteiger partial charge in [0.15, 0.2) is 11.5 Å². The number of rotatable bonds is 6. The monoisotopic (exact) mass is 420 g/mol. The number of aliphatic hydroxyl groups is 4. The number of ether oxygens (including phenoxy) is 3. The molecule has 3 rings (SSSR count). The summed E-state index contributed by atoms with van der Waals surface area (Å²) in [6.07, 6.45) is -3.55. The third kappa shape index (κ3) is 4.84. The van der Waals surface area contributed by atoms with Gasteiger partial charge in [0, 0.05) is 6.07 Å². The molecule has 1 heterocycles. The minimum Gasteiger partial charge on any atom is -0.508 e. The molecule has 0 bridgehead atoms. The Bertz CT molecular complexity index is 876. The van der Waals surface area contributed by atoms with Crippen LogP contribution in [0.3, 0.4) is 0 Å². The summed E-state index contributed by atoms with van der Waals surface area (Å²) < 4.78 is 16.3. The van der Waals surface area contributed by atoms with Gasteiger partial charge in [0.1, 0.15) is 35.9 Å². The number of phenols is 2. The van der Waals surface area contributed by atoms with Crippen LogP contribution in [0.5, 0.6) is 23.0 Å². The first-order chi connectivity index (χ1) is 14.3. The molecule has 9 heteroatoms. The van der Waals surface area contributed by atoms with Crippen molar-refractivity contribution < 1.29 is 44.8 Å². The van der Waals surface area contributed by atoms with E-state index < -0.39 is 37.3 Å². The van der Waals surface area contributed by atoms with Crippen molar-refractivity contribution >= 4 is 12.2 Å². The zero-order chi connectivity index (χ0) is 21.8. The molecule has 162 valence electrons. The van der Waals surface area contributed by atoms with Crippen LogP contribution in [0, 0.1) is 0 Å². The summed E-state index contributed by atoms with van der Waals surface area (Å²) in [4.78, 5) is 0. The van der Waals surface area contributed by atoms with Crippen LogP contribution >= 0.6 is 0 Å². The van der Waals surface area contributed by atoms with Crippen LogP contribution in [-0.2, 0) is 4.74 Å². The molecule has 0 aromatic heterocycles. The maximum Gasteiger partial charge on any atom is 0.229 e. The van der Waals surface area contributed by atoms with Crippen molar-refractivity contribution in [3.8, 4) is 23.0 Å². The second-order valence-corrected chi connectivity index (χ2v) is 6.84. The molecular formula is C21H24O9. The molecule has 2 aromatic carbocycles.